The maximum Gasteiger partial charge on any atom is 0.337 e. The number of methoxy groups -OCH3 is 1. The lowest BCUT2D eigenvalue weighted by atomic mass is 10.2. The molecule has 0 aliphatic rings. The third-order valence-electron chi connectivity index (χ3n) is 3.75. The maximum atomic E-state index is 12.3. The summed E-state index contributed by atoms with van der Waals surface area (Å²) in [5, 5.41) is 5.96. The highest BCUT2D eigenvalue weighted by atomic mass is 16.5. The molecule has 0 atom stereocenters. The third-order valence-corrected chi connectivity index (χ3v) is 3.75. The number of hydrogen-bond acceptors (Lipinski definition) is 6. The molecule has 7 nitrogen and oxygen atoms in total. The molecule has 2 heterocycles. The van der Waals surface area contributed by atoms with Crippen LogP contribution < -0.4 is 10.6 Å². The maximum absolute atomic E-state index is 12.3. The molecule has 27 heavy (non-hydrogen) atoms. The van der Waals surface area contributed by atoms with Gasteiger partial charge in [0.25, 0.3) is 5.91 Å². The normalized spacial score (nSPS) is 10.1. The van der Waals surface area contributed by atoms with Crippen LogP contribution in [0.2, 0.25) is 0 Å². The molecule has 0 saturated heterocycles. The Morgan fingerprint density at radius 3 is 2.59 bits per heavy atom. The van der Waals surface area contributed by atoms with Crippen molar-refractivity contribution in [1.29, 1.82) is 0 Å². The predicted octanol–water partition coefficient (Wildman–Crippen LogP) is 2.94. The Balaban J connectivity index is 1.68. The summed E-state index contributed by atoms with van der Waals surface area (Å²) >= 11 is 0. The van der Waals surface area contributed by atoms with Gasteiger partial charge in [-0.05, 0) is 35.9 Å². The van der Waals surface area contributed by atoms with Gasteiger partial charge in [0, 0.05) is 30.8 Å². The average Bonchev–Trinajstić information content (AvgIpc) is 2.72. The minimum Gasteiger partial charge on any atom is -0.465 e. The molecule has 1 aromatic carbocycles. The molecule has 0 unspecified atom stereocenters. The standard InChI is InChI=1S/C20H18N4O3/c1-27-20(26)15-5-2-6-17(8-15)24-18-9-16(12-22-13-18)19(25)23-11-14-4-3-7-21-10-14/h2-10,12-13,24H,11H2,1H3,(H,23,25). The highest BCUT2D eigenvalue weighted by Crippen LogP contribution is 2.18. The summed E-state index contributed by atoms with van der Waals surface area (Å²) in [4.78, 5) is 32.1. The van der Waals surface area contributed by atoms with Crippen LogP contribution in [0.4, 0.5) is 11.4 Å². The molecular formula is C20H18N4O3. The number of amides is 1. The quantitative estimate of drug-likeness (QED) is 0.655. The monoisotopic (exact) mass is 362 g/mol. The molecule has 0 spiro atoms. The van der Waals surface area contributed by atoms with Gasteiger partial charge < -0.3 is 15.4 Å². The van der Waals surface area contributed by atoms with Crippen molar-refractivity contribution >= 4 is 23.3 Å². The van der Waals surface area contributed by atoms with Crippen LogP contribution in [-0.2, 0) is 11.3 Å². The summed E-state index contributed by atoms with van der Waals surface area (Å²) in [7, 11) is 1.33. The van der Waals surface area contributed by atoms with E-state index in [-0.39, 0.29) is 5.91 Å². The molecule has 3 rings (SSSR count). The van der Waals surface area contributed by atoms with E-state index in [1.165, 1.54) is 13.3 Å². The van der Waals surface area contributed by atoms with Crippen LogP contribution in [0.25, 0.3) is 0 Å². The molecule has 1 amide bonds. The third kappa shape index (κ3) is 4.88. The number of nitrogens with one attached hydrogen (secondary N) is 2. The molecule has 0 aliphatic carbocycles. The highest BCUT2D eigenvalue weighted by molar-refractivity contribution is 5.95. The summed E-state index contributed by atoms with van der Waals surface area (Å²) in [6.07, 6.45) is 6.47. The first-order chi connectivity index (χ1) is 13.2. The van der Waals surface area contributed by atoms with E-state index < -0.39 is 5.97 Å². The van der Waals surface area contributed by atoms with Crippen LogP contribution in [0.3, 0.4) is 0 Å². The molecule has 0 bridgehead atoms. The van der Waals surface area contributed by atoms with Crippen molar-refractivity contribution in [3.8, 4) is 0 Å². The first-order valence-electron chi connectivity index (χ1n) is 8.23. The average molecular weight is 362 g/mol. The van der Waals surface area contributed by atoms with Gasteiger partial charge in [-0.1, -0.05) is 12.1 Å². The minimum absolute atomic E-state index is 0.238. The topological polar surface area (TPSA) is 93.2 Å². The summed E-state index contributed by atoms with van der Waals surface area (Å²) in [5.41, 5.74) is 3.08. The lowest BCUT2D eigenvalue weighted by Crippen LogP contribution is -2.23. The molecule has 3 aromatic rings. The zero-order chi connectivity index (χ0) is 19.1. The molecular weight excluding hydrogens is 344 g/mol. The first kappa shape index (κ1) is 18.1. The number of benzene rings is 1. The van der Waals surface area contributed by atoms with Crippen molar-refractivity contribution < 1.29 is 14.3 Å². The predicted molar refractivity (Wildman–Crippen MR) is 101 cm³/mol. The number of anilines is 2. The van der Waals surface area contributed by atoms with Gasteiger partial charge in [0.1, 0.15) is 0 Å². The van der Waals surface area contributed by atoms with Crippen molar-refractivity contribution in [1.82, 2.24) is 15.3 Å². The molecule has 2 N–H and O–H groups in total. The van der Waals surface area contributed by atoms with E-state index in [4.69, 9.17) is 4.74 Å². The van der Waals surface area contributed by atoms with Gasteiger partial charge in [-0.2, -0.15) is 0 Å². The van der Waals surface area contributed by atoms with Crippen molar-refractivity contribution in [3.05, 3.63) is 83.9 Å². The second kappa shape index (κ2) is 8.57. The summed E-state index contributed by atoms with van der Waals surface area (Å²) in [6, 6.07) is 12.3. The van der Waals surface area contributed by atoms with Gasteiger partial charge in [-0.25, -0.2) is 4.79 Å². The summed E-state index contributed by atoms with van der Waals surface area (Å²) in [5.74, 6) is -0.654. The summed E-state index contributed by atoms with van der Waals surface area (Å²) < 4.78 is 4.72. The Bertz CT molecular complexity index is 945. The van der Waals surface area contributed by atoms with Crippen molar-refractivity contribution in [2.24, 2.45) is 0 Å². The van der Waals surface area contributed by atoms with Gasteiger partial charge >= 0.3 is 5.97 Å². The van der Waals surface area contributed by atoms with Gasteiger partial charge in [0.15, 0.2) is 0 Å². The van der Waals surface area contributed by atoms with E-state index in [9.17, 15) is 9.59 Å². The minimum atomic E-state index is -0.416. The number of pyridine rings is 2. The number of aromatic nitrogens is 2. The summed E-state index contributed by atoms with van der Waals surface area (Å²) in [6.45, 7) is 0.380. The first-order valence-corrected chi connectivity index (χ1v) is 8.23. The lowest BCUT2D eigenvalue weighted by molar-refractivity contribution is 0.0600. The van der Waals surface area contributed by atoms with Crippen LogP contribution in [0.15, 0.2) is 67.3 Å². The van der Waals surface area contributed by atoms with E-state index in [0.29, 0.717) is 29.0 Å². The Labute approximate surface area is 156 Å². The fourth-order valence-corrected chi connectivity index (χ4v) is 2.43. The van der Waals surface area contributed by atoms with Gasteiger partial charge in [-0.15, -0.1) is 0 Å². The molecule has 0 aliphatic heterocycles. The van der Waals surface area contributed by atoms with E-state index in [0.717, 1.165) is 5.56 Å². The van der Waals surface area contributed by atoms with E-state index >= 15 is 0 Å². The molecule has 0 fully saturated rings. The molecule has 7 heteroatoms. The number of rotatable bonds is 6. The van der Waals surface area contributed by atoms with Crippen molar-refractivity contribution in [3.63, 3.8) is 0 Å². The molecule has 0 radical (unpaired) electrons. The van der Waals surface area contributed by atoms with Gasteiger partial charge in [0.05, 0.1) is 30.1 Å². The van der Waals surface area contributed by atoms with Gasteiger partial charge in [-0.3, -0.25) is 14.8 Å². The lowest BCUT2D eigenvalue weighted by Gasteiger charge is -2.09. The van der Waals surface area contributed by atoms with E-state index in [1.807, 2.05) is 18.2 Å². The second-order valence-electron chi connectivity index (χ2n) is 5.70. The van der Waals surface area contributed by atoms with Crippen LogP contribution in [0.1, 0.15) is 26.3 Å². The number of ether oxygens (including phenoxy) is 1. The Morgan fingerprint density at radius 1 is 0.963 bits per heavy atom. The van der Waals surface area contributed by atoms with Crippen LogP contribution in [0, 0.1) is 0 Å². The fourth-order valence-electron chi connectivity index (χ4n) is 2.43. The Kier molecular flexibility index (Phi) is 5.73. The highest BCUT2D eigenvalue weighted by Gasteiger charge is 2.09. The second-order valence-corrected chi connectivity index (χ2v) is 5.70. The zero-order valence-corrected chi connectivity index (χ0v) is 14.7. The number of hydrogen-bond donors (Lipinski definition) is 2. The molecule has 2 aromatic heterocycles. The largest absolute Gasteiger partial charge is 0.465 e. The van der Waals surface area contributed by atoms with Gasteiger partial charge in [0.2, 0.25) is 0 Å². The zero-order valence-electron chi connectivity index (χ0n) is 14.7. The Morgan fingerprint density at radius 2 is 1.81 bits per heavy atom. The van der Waals surface area contributed by atoms with Crippen molar-refractivity contribution in [2.75, 3.05) is 12.4 Å². The number of carbonyl (C=O) groups excluding carboxylic acids is 2. The SMILES string of the molecule is COC(=O)c1cccc(Nc2cncc(C(=O)NCc3cccnc3)c2)c1. The van der Waals surface area contributed by atoms with Crippen LogP contribution in [-0.4, -0.2) is 29.0 Å². The van der Waals surface area contributed by atoms with Crippen LogP contribution in [0.5, 0.6) is 0 Å². The van der Waals surface area contributed by atoms with Crippen LogP contribution >= 0.6 is 0 Å². The fraction of sp³-hybridized carbons (Fsp3) is 0.100. The number of esters is 1. The van der Waals surface area contributed by atoms with E-state index in [1.54, 1.807) is 42.9 Å². The number of carbonyl (C=O) groups is 2. The van der Waals surface area contributed by atoms with Crippen molar-refractivity contribution in [2.45, 2.75) is 6.54 Å². The number of nitrogens with zero attached hydrogens (tertiary/aromatic N) is 2. The Hall–Kier alpha value is -3.74. The molecule has 0 saturated carbocycles. The molecule has 136 valence electrons. The smallest absolute Gasteiger partial charge is 0.337 e. The van der Waals surface area contributed by atoms with E-state index in [2.05, 4.69) is 20.6 Å².